The summed E-state index contributed by atoms with van der Waals surface area (Å²) in [5.74, 6) is -2.97. The van der Waals surface area contributed by atoms with Gasteiger partial charge in [-0.15, -0.1) is 0 Å². The first-order valence-electron chi connectivity index (χ1n) is 8.86. The van der Waals surface area contributed by atoms with Crippen LogP contribution in [0.15, 0.2) is 59.7 Å². The Hall–Kier alpha value is -2.96. The van der Waals surface area contributed by atoms with E-state index in [1.807, 2.05) is 6.92 Å². The number of aliphatic carboxylic acids is 1. The van der Waals surface area contributed by atoms with Crippen molar-refractivity contribution in [1.82, 2.24) is 0 Å². The zero-order valence-electron chi connectivity index (χ0n) is 15.8. The molecule has 0 spiro atoms. The van der Waals surface area contributed by atoms with Crippen LogP contribution in [0.4, 0.5) is 17.6 Å². The number of rotatable bonds is 5. The van der Waals surface area contributed by atoms with Crippen LogP contribution >= 0.6 is 0 Å². The molecule has 3 nitrogen and oxygen atoms in total. The molecule has 0 bridgehead atoms. The number of carbonyl (C=O) groups excluding carboxylic acids is 1. The molecule has 1 aliphatic rings. The first kappa shape index (κ1) is 22.3. The van der Waals surface area contributed by atoms with Gasteiger partial charge in [0.15, 0.2) is 5.78 Å². The number of benzene rings is 1. The van der Waals surface area contributed by atoms with E-state index in [1.165, 1.54) is 24.3 Å². The molecule has 1 N–H and O–H groups in total. The molecule has 0 fully saturated rings. The Labute approximate surface area is 165 Å². The van der Waals surface area contributed by atoms with Gasteiger partial charge in [-0.2, -0.15) is 13.2 Å². The summed E-state index contributed by atoms with van der Waals surface area (Å²) in [5.41, 5.74) is -0.581. The molecule has 2 atom stereocenters. The van der Waals surface area contributed by atoms with Gasteiger partial charge in [-0.05, 0) is 36.1 Å². The predicted molar refractivity (Wildman–Crippen MR) is 101 cm³/mol. The van der Waals surface area contributed by atoms with Crippen LogP contribution < -0.4 is 0 Å². The van der Waals surface area contributed by atoms with Crippen LogP contribution in [-0.2, 0) is 15.8 Å². The molecule has 154 valence electrons. The van der Waals surface area contributed by atoms with Crippen LogP contribution in [0.5, 0.6) is 0 Å². The summed E-state index contributed by atoms with van der Waals surface area (Å²) in [6, 6.07) is 3.01. The zero-order valence-corrected chi connectivity index (χ0v) is 15.8. The highest BCUT2D eigenvalue weighted by atomic mass is 19.4. The largest absolute Gasteiger partial charge is 0.478 e. The summed E-state index contributed by atoms with van der Waals surface area (Å²) in [7, 11) is 0. The van der Waals surface area contributed by atoms with Gasteiger partial charge in [-0.25, -0.2) is 9.18 Å². The van der Waals surface area contributed by atoms with Gasteiger partial charge in [0, 0.05) is 24.0 Å². The molecular formula is C22H20F4O3. The third-order valence-electron chi connectivity index (χ3n) is 4.56. The number of hydrogen-bond acceptors (Lipinski definition) is 2. The number of hydrogen-bond donors (Lipinski definition) is 1. The van der Waals surface area contributed by atoms with Crippen LogP contribution in [0.3, 0.4) is 0 Å². The summed E-state index contributed by atoms with van der Waals surface area (Å²) >= 11 is 0. The molecule has 1 aromatic carbocycles. The molecule has 7 heteroatoms. The van der Waals surface area contributed by atoms with Crippen molar-refractivity contribution in [3.8, 4) is 0 Å². The minimum absolute atomic E-state index is 0.104. The second-order valence-electron chi connectivity index (χ2n) is 6.94. The van der Waals surface area contributed by atoms with Crippen molar-refractivity contribution in [2.45, 2.75) is 26.4 Å². The molecule has 0 aromatic heterocycles. The van der Waals surface area contributed by atoms with E-state index in [9.17, 15) is 27.2 Å². The van der Waals surface area contributed by atoms with Gasteiger partial charge in [-0.3, -0.25) is 4.79 Å². The zero-order chi connectivity index (χ0) is 21.8. The number of allylic oxidation sites excluding steroid dienone is 6. The normalized spacial score (nSPS) is 21.1. The molecule has 1 aromatic rings. The maximum Gasteiger partial charge on any atom is 0.419 e. The topological polar surface area (TPSA) is 54.4 Å². The van der Waals surface area contributed by atoms with Gasteiger partial charge in [0.25, 0.3) is 0 Å². The average molecular weight is 408 g/mol. The van der Waals surface area contributed by atoms with Crippen molar-refractivity contribution in [1.29, 1.82) is 0 Å². The van der Waals surface area contributed by atoms with Gasteiger partial charge in [0.2, 0.25) is 0 Å². The highest BCUT2D eigenvalue weighted by Crippen LogP contribution is 2.34. The first-order valence-corrected chi connectivity index (χ1v) is 8.86. The molecule has 1 unspecified atom stereocenters. The first-order chi connectivity index (χ1) is 13.5. The number of carboxylic acid groups (broad SMARTS) is 1. The second-order valence-corrected chi connectivity index (χ2v) is 6.94. The standard InChI is InChI=1S/C22H20F4O3/c1-13(10-20(28)29)6-9-18-14(2)11-17(27)12-16(18)8-7-15-4-3-5-19(21(15)23)22(24,25)26/h3-10,12,14,18H,11H2,1-2H3,(H,28,29)/b8-7+,9-6+,13-10-/t14?,18-/m1/s1. The van der Waals surface area contributed by atoms with Crippen molar-refractivity contribution in [2.75, 3.05) is 0 Å². The Morgan fingerprint density at radius 1 is 1.24 bits per heavy atom. The Kier molecular flexibility index (Phi) is 6.95. The molecule has 29 heavy (non-hydrogen) atoms. The predicted octanol–water partition coefficient (Wildman–Crippen LogP) is 5.60. The lowest BCUT2D eigenvalue weighted by Gasteiger charge is -2.25. The minimum Gasteiger partial charge on any atom is -0.478 e. The van der Waals surface area contributed by atoms with Crippen molar-refractivity contribution in [2.24, 2.45) is 11.8 Å². The fourth-order valence-electron chi connectivity index (χ4n) is 3.16. The lowest BCUT2D eigenvalue weighted by atomic mass is 9.78. The molecule has 2 rings (SSSR count). The molecule has 0 aliphatic heterocycles. The van der Waals surface area contributed by atoms with Crippen LogP contribution in [0.2, 0.25) is 0 Å². The van der Waals surface area contributed by atoms with Crippen molar-refractivity contribution >= 4 is 17.8 Å². The molecule has 0 saturated heterocycles. The number of alkyl halides is 3. The molecular weight excluding hydrogens is 388 g/mol. The van der Waals surface area contributed by atoms with E-state index < -0.39 is 23.5 Å². The second kappa shape index (κ2) is 9.03. The van der Waals surface area contributed by atoms with E-state index >= 15 is 0 Å². The maximum absolute atomic E-state index is 14.2. The maximum atomic E-state index is 14.2. The summed E-state index contributed by atoms with van der Waals surface area (Å²) in [5, 5.41) is 8.78. The number of ketones is 1. The summed E-state index contributed by atoms with van der Waals surface area (Å²) in [6.45, 7) is 3.45. The molecule has 0 radical (unpaired) electrons. The van der Waals surface area contributed by atoms with Crippen molar-refractivity contribution in [3.05, 3.63) is 76.7 Å². The minimum atomic E-state index is -4.80. The molecule has 0 amide bonds. The van der Waals surface area contributed by atoms with E-state index in [-0.39, 0.29) is 29.6 Å². The van der Waals surface area contributed by atoms with E-state index in [0.29, 0.717) is 17.2 Å². The number of carboxylic acids is 1. The molecule has 0 saturated carbocycles. The fourth-order valence-corrected chi connectivity index (χ4v) is 3.16. The highest BCUT2D eigenvalue weighted by Gasteiger charge is 2.34. The summed E-state index contributed by atoms with van der Waals surface area (Å²) in [4.78, 5) is 22.7. The highest BCUT2D eigenvalue weighted by molar-refractivity contribution is 5.92. The summed E-state index contributed by atoms with van der Waals surface area (Å²) < 4.78 is 52.8. The SMILES string of the molecule is CC(=C/C(=O)O)/C=C/[C@H]1C(/C=C/c2cccc(C(F)(F)F)c2F)=CC(=O)CC1C. The number of halogens is 4. The van der Waals surface area contributed by atoms with Crippen LogP contribution in [0, 0.1) is 17.7 Å². The van der Waals surface area contributed by atoms with E-state index in [1.54, 1.807) is 19.1 Å². The van der Waals surface area contributed by atoms with Crippen molar-refractivity contribution in [3.63, 3.8) is 0 Å². The molecule has 1 aliphatic carbocycles. The Balaban J connectivity index is 2.37. The number of carbonyl (C=O) groups is 2. The average Bonchev–Trinajstić information content (AvgIpc) is 2.58. The fraction of sp³-hybridized carbons (Fsp3) is 0.273. The van der Waals surface area contributed by atoms with Crippen LogP contribution in [-0.4, -0.2) is 16.9 Å². The third-order valence-corrected chi connectivity index (χ3v) is 4.56. The lowest BCUT2D eigenvalue weighted by molar-refractivity contribution is -0.140. The van der Waals surface area contributed by atoms with Gasteiger partial charge >= 0.3 is 12.1 Å². The van der Waals surface area contributed by atoms with Gasteiger partial charge in [0.1, 0.15) is 5.82 Å². The van der Waals surface area contributed by atoms with E-state index in [4.69, 9.17) is 5.11 Å². The molecule has 0 heterocycles. The quantitative estimate of drug-likeness (QED) is 0.392. The van der Waals surface area contributed by atoms with Gasteiger partial charge in [-0.1, -0.05) is 43.4 Å². The monoisotopic (exact) mass is 408 g/mol. The lowest BCUT2D eigenvalue weighted by Crippen LogP contribution is -2.20. The third kappa shape index (κ3) is 6.01. The van der Waals surface area contributed by atoms with Gasteiger partial charge in [0.05, 0.1) is 5.56 Å². The summed E-state index contributed by atoms with van der Waals surface area (Å²) in [6.07, 6.45) is 3.88. The van der Waals surface area contributed by atoms with Crippen LogP contribution in [0.1, 0.15) is 31.4 Å². The van der Waals surface area contributed by atoms with Crippen LogP contribution in [0.25, 0.3) is 6.08 Å². The van der Waals surface area contributed by atoms with E-state index in [0.717, 1.165) is 12.1 Å². The Morgan fingerprint density at radius 3 is 2.55 bits per heavy atom. The van der Waals surface area contributed by atoms with E-state index in [2.05, 4.69) is 0 Å². The van der Waals surface area contributed by atoms with Crippen molar-refractivity contribution < 1.29 is 32.3 Å². The Bertz CT molecular complexity index is 920. The van der Waals surface area contributed by atoms with Gasteiger partial charge < -0.3 is 5.11 Å². The Morgan fingerprint density at radius 2 is 1.93 bits per heavy atom. The smallest absolute Gasteiger partial charge is 0.419 e.